The molecule has 4 heterocycles. The number of hydrogen-bond acceptors (Lipinski definition) is 10. The van der Waals surface area contributed by atoms with E-state index in [1.807, 2.05) is 43.8 Å². The first-order valence-electron chi connectivity index (χ1n) is 16.8. The molecule has 51 heavy (non-hydrogen) atoms. The molecule has 4 aromatic carbocycles. The van der Waals surface area contributed by atoms with Crippen LogP contribution in [0.2, 0.25) is 5.02 Å². The Morgan fingerprint density at radius 2 is 1.75 bits per heavy atom. The number of hydrogen-bond donors (Lipinski definition) is 1. The Morgan fingerprint density at radius 3 is 2.51 bits per heavy atom. The molecular weight excluding hydrogens is 688 g/mol. The van der Waals surface area contributed by atoms with Gasteiger partial charge >= 0.3 is 0 Å². The first-order chi connectivity index (χ1) is 24.5. The molecule has 0 bridgehead atoms. The van der Waals surface area contributed by atoms with Crippen molar-refractivity contribution in [2.75, 3.05) is 52.9 Å². The summed E-state index contributed by atoms with van der Waals surface area (Å²) >= 11 is 8.03. The number of rotatable bonds is 6. The smallest absolute Gasteiger partial charge is 0.181 e. The van der Waals surface area contributed by atoms with E-state index in [1.54, 1.807) is 19.2 Å². The van der Waals surface area contributed by atoms with Crippen molar-refractivity contribution < 1.29 is 33.6 Å². The van der Waals surface area contributed by atoms with Gasteiger partial charge in [0.05, 0.1) is 37.1 Å². The van der Waals surface area contributed by atoms with Gasteiger partial charge in [0, 0.05) is 39.1 Å². The Kier molecular flexibility index (Phi) is 9.52. The van der Waals surface area contributed by atoms with Crippen LogP contribution in [0.4, 0.5) is 11.4 Å². The second-order valence-corrected chi connectivity index (χ2v) is 15.1. The Hall–Kier alpha value is -4.51. The van der Waals surface area contributed by atoms with E-state index in [-0.39, 0.29) is 23.7 Å². The van der Waals surface area contributed by atoms with E-state index >= 15 is 0 Å². The van der Waals surface area contributed by atoms with E-state index in [0.29, 0.717) is 39.9 Å². The third-order valence-corrected chi connectivity index (χ3v) is 10.6. The van der Waals surface area contributed by atoms with Crippen LogP contribution in [0, 0.1) is 0 Å². The van der Waals surface area contributed by atoms with Crippen molar-refractivity contribution in [3.8, 4) is 34.5 Å². The Bertz CT molecular complexity index is 2030. The van der Waals surface area contributed by atoms with Gasteiger partial charge in [0.15, 0.2) is 17.3 Å². The van der Waals surface area contributed by atoms with Gasteiger partial charge in [-0.2, -0.15) is 0 Å². The quantitative estimate of drug-likeness (QED) is 0.208. The highest BCUT2D eigenvalue weighted by atomic mass is 35.5. The van der Waals surface area contributed by atoms with Crippen LogP contribution < -0.4 is 28.6 Å². The molecule has 0 aliphatic carbocycles. The number of halogens is 1. The predicted molar refractivity (Wildman–Crippen MR) is 201 cm³/mol. The molecule has 2 unspecified atom stereocenters. The molecule has 8 rings (SSSR count). The monoisotopic (exact) mass is 728 g/mol. The third kappa shape index (κ3) is 6.68. The molecule has 4 aliphatic rings. The number of carbonyl (C=O) groups is 1. The Morgan fingerprint density at radius 1 is 1.00 bits per heavy atom. The maximum Gasteiger partial charge on any atom is 0.181 e. The van der Waals surface area contributed by atoms with Gasteiger partial charge in [-0.15, -0.1) is 0 Å². The summed E-state index contributed by atoms with van der Waals surface area (Å²) < 4.78 is 28.8. The van der Waals surface area contributed by atoms with Crippen LogP contribution in [-0.4, -0.2) is 75.5 Å². The fourth-order valence-corrected chi connectivity index (χ4v) is 8.10. The van der Waals surface area contributed by atoms with E-state index in [2.05, 4.69) is 60.3 Å². The second-order valence-electron chi connectivity index (χ2n) is 13.6. The van der Waals surface area contributed by atoms with Crippen molar-refractivity contribution in [1.29, 1.82) is 0 Å². The first kappa shape index (κ1) is 34.9. The summed E-state index contributed by atoms with van der Waals surface area (Å²) in [5.74, 6) is 1.34. The molecule has 0 aromatic heterocycles. The van der Waals surface area contributed by atoms with Crippen molar-refractivity contribution in [3.05, 3.63) is 88.5 Å². The number of carbonyl (C=O) groups excluding carboxylic acids is 1. The molecule has 266 valence electrons. The number of anilines is 2. The molecule has 0 amide bonds. The molecule has 4 aliphatic heterocycles. The standard InChI is InChI=1S/C23H22O7.C17H19ClN2S/c1-23(2)6-5-11-15(30-23)8-13(24)20-21(25)19-12-7-16(26-3)17(27-4)9-14(12)28-10-18(19)29-22(11)20;1-19(2)10-5-11-20-14-6-3-4-7-16(14)21-17-9-8-13(18)12-15(17)20/h5-9,18-19,24H,10H2,1-4H3;3-4,6-9,12H,5,10-11H2,1-2H3. The lowest BCUT2D eigenvalue weighted by molar-refractivity contribution is 0.0547. The zero-order chi connectivity index (χ0) is 36.0. The molecular formula is C40H41ClN2O7S. The van der Waals surface area contributed by atoms with Crippen molar-refractivity contribution in [2.24, 2.45) is 0 Å². The minimum atomic E-state index is -0.630. The summed E-state index contributed by atoms with van der Waals surface area (Å²) in [7, 11) is 7.31. The van der Waals surface area contributed by atoms with Gasteiger partial charge in [0.1, 0.15) is 46.9 Å². The highest BCUT2D eigenvalue weighted by Crippen LogP contribution is 2.52. The lowest BCUT2D eigenvalue weighted by Crippen LogP contribution is -2.43. The van der Waals surface area contributed by atoms with Crippen LogP contribution >= 0.6 is 23.4 Å². The van der Waals surface area contributed by atoms with E-state index in [9.17, 15) is 9.90 Å². The SMILES string of the molecule is CN(C)CCCN1c2ccccc2Sc2ccc(Cl)cc21.COc1cc2c(cc1OC)C1C(=O)c3c(O)cc4c(c3OC1CO2)C=CC(C)(C)O4. The summed E-state index contributed by atoms with van der Waals surface area (Å²) in [5.41, 5.74) is 3.44. The number of Topliss-reactive ketones (excluding diaryl/α,β-unsaturated/α-hetero) is 1. The molecule has 2 atom stereocenters. The topological polar surface area (TPSA) is 89.9 Å². The molecule has 11 heteroatoms. The lowest BCUT2D eigenvalue weighted by atomic mass is 9.80. The Labute approximate surface area is 307 Å². The predicted octanol–water partition coefficient (Wildman–Crippen LogP) is 8.61. The van der Waals surface area contributed by atoms with Crippen molar-refractivity contribution in [1.82, 2.24) is 4.90 Å². The average Bonchev–Trinajstić information content (AvgIpc) is 3.10. The van der Waals surface area contributed by atoms with Gasteiger partial charge < -0.3 is 38.6 Å². The van der Waals surface area contributed by atoms with Gasteiger partial charge in [-0.05, 0) is 89.5 Å². The summed E-state index contributed by atoms with van der Waals surface area (Å²) in [4.78, 5) is 20.8. The van der Waals surface area contributed by atoms with Crippen molar-refractivity contribution in [2.45, 2.75) is 47.7 Å². The third-order valence-electron chi connectivity index (χ3n) is 9.28. The number of methoxy groups -OCH3 is 2. The van der Waals surface area contributed by atoms with Crippen LogP contribution in [0.1, 0.15) is 47.7 Å². The van der Waals surface area contributed by atoms with Gasteiger partial charge in [-0.1, -0.05) is 35.5 Å². The number of phenolic OH excluding ortho intramolecular Hbond substituents is 1. The molecule has 0 fully saturated rings. The number of fused-ring (bicyclic) bond motifs is 8. The summed E-state index contributed by atoms with van der Waals surface area (Å²) in [6.45, 7) is 6.11. The number of phenols is 1. The van der Waals surface area contributed by atoms with Crippen molar-refractivity contribution in [3.63, 3.8) is 0 Å². The normalized spacial score (nSPS) is 18.6. The minimum absolute atomic E-state index is 0.158. The number of aromatic hydroxyl groups is 1. The first-order valence-corrected chi connectivity index (χ1v) is 18.0. The Balaban J connectivity index is 0.000000170. The summed E-state index contributed by atoms with van der Waals surface area (Å²) in [6, 6.07) is 19.7. The summed E-state index contributed by atoms with van der Waals surface area (Å²) in [6.07, 6.45) is 4.36. The molecule has 1 N–H and O–H groups in total. The van der Waals surface area contributed by atoms with Gasteiger partial charge in [-0.3, -0.25) is 4.79 Å². The maximum absolute atomic E-state index is 13.6. The lowest BCUT2D eigenvalue weighted by Gasteiger charge is -2.39. The number of nitrogens with zero attached hydrogens (tertiary/aromatic N) is 2. The van der Waals surface area contributed by atoms with Crippen LogP contribution in [-0.2, 0) is 0 Å². The zero-order valence-electron chi connectivity index (χ0n) is 29.5. The van der Waals surface area contributed by atoms with Gasteiger partial charge in [-0.25, -0.2) is 0 Å². The molecule has 0 saturated heterocycles. The fourth-order valence-electron chi connectivity index (χ4n) is 6.86. The average molecular weight is 729 g/mol. The van der Waals surface area contributed by atoms with Gasteiger partial charge in [0.2, 0.25) is 0 Å². The van der Waals surface area contributed by atoms with Crippen LogP contribution in [0.25, 0.3) is 6.08 Å². The second kappa shape index (κ2) is 13.9. The number of ether oxygens (including phenoxy) is 5. The van der Waals surface area contributed by atoms with Crippen LogP contribution in [0.5, 0.6) is 34.5 Å². The fraction of sp³-hybridized carbons (Fsp3) is 0.325. The zero-order valence-corrected chi connectivity index (χ0v) is 31.1. The van der Waals surface area contributed by atoms with Crippen molar-refractivity contribution >= 4 is 46.6 Å². The van der Waals surface area contributed by atoms with Crippen LogP contribution in [0.3, 0.4) is 0 Å². The number of ketones is 1. The molecule has 9 nitrogen and oxygen atoms in total. The van der Waals surface area contributed by atoms with Gasteiger partial charge in [0.25, 0.3) is 0 Å². The summed E-state index contributed by atoms with van der Waals surface area (Å²) in [5, 5.41) is 11.5. The van der Waals surface area contributed by atoms with Crippen LogP contribution in [0.15, 0.2) is 76.5 Å². The van der Waals surface area contributed by atoms with E-state index < -0.39 is 17.6 Å². The number of para-hydroxylation sites is 1. The highest BCUT2D eigenvalue weighted by molar-refractivity contribution is 7.99. The minimum Gasteiger partial charge on any atom is -0.507 e. The molecule has 4 aromatic rings. The van der Waals surface area contributed by atoms with E-state index in [1.165, 1.54) is 34.3 Å². The van der Waals surface area contributed by atoms with E-state index in [0.717, 1.165) is 24.5 Å². The number of benzene rings is 4. The van der Waals surface area contributed by atoms with E-state index in [4.69, 9.17) is 35.3 Å². The molecule has 0 saturated carbocycles. The molecule has 0 radical (unpaired) electrons. The maximum atomic E-state index is 13.6. The largest absolute Gasteiger partial charge is 0.507 e. The highest BCUT2D eigenvalue weighted by Gasteiger charge is 2.46. The molecule has 0 spiro atoms.